The van der Waals surface area contributed by atoms with E-state index in [1.165, 1.54) is 86.9 Å². The molecule has 0 amide bonds. The molecule has 0 heteroatoms. The molecule has 0 saturated carbocycles. The second-order valence-corrected chi connectivity index (χ2v) is 12.4. The van der Waals surface area contributed by atoms with Crippen molar-refractivity contribution in [3.63, 3.8) is 0 Å². The summed E-state index contributed by atoms with van der Waals surface area (Å²) in [7, 11) is 0. The van der Waals surface area contributed by atoms with Crippen LogP contribution in [0.15, 0.2) is 194 Å². The lowest BCUT2D eigenvalue weighted by molar-refractivity contribution is 1.66. The monoisotopic (exact) mass is 608 g/mol. The Bertz CT molecular complexity index is 2550. The van der Waals surface area contributed by atoms with Gasteiger partial charge in [-0.05, 0) is 86.9 Å². The van der Waals surface area contributed by atoms with Crippen molar-refractivity contribution in [3.05, 3.63) is 194 Å². The minimum absolute atomic E-state index is 1.27. The van der Waals surface area contributed by atoms with E-state index in [-0.39, 0.29) is 0 Å². The minimum atomic E-state index is 1.27. The van der Waals surface area contributed by atoms with Crippen molar-refractivity contribution in [2.45, 2.75) is 0 Å². The van der Waals surface area contributed by atoms with Gasteiger partial charge < -0.3 is 0 Å². The van der Waals surface area contributed by atoms with Gasteiger partial charge in [0.15, 0.2) is 0 Å². The maximum atomic E-state index is 2.24. The third-order valence-electron chi connectivity index (χ3n) is 9.67. The average molecular weight is 609 g/mol. The standard InChI is InChI=1S/2C24H16/c2*1-2-7-17(8-3-1)22-12-6-10-19-15-16-20-14-13-18-9-4-5-11-21(18)24(20)23(19)22/h2*1-16H. The molecule has 0 nitrogen and oxygen atoms in total. The van der Waals surface area contributed by atoms with Crippen molar-refractivity contribution in [3.8, 4) is 22.3 Å². The molecule has 0 bridgehead atoms. The van der Waals surface area contributed by atoms with Gasteiger partial charge in [-0.1, -0.05) is 194 Å². The summed E-state index contributed by atoms with van der Waals surface area (Å²) in [5, 5.41) is 15.8. The molecule has 0 aliphatic rings. The van der Waals surface area contributed by atoms with Crippen LogP contribution in [0, 0.1) is 0 Å². The number of rotatable bonds is 2. The van der Waals surface area contributed by atoms with Crippen molar-refractivity contribution in [2.75, 3.05) is 0 Å². The van der Waals surface area contributed by atoms with Crippen LogP contribution in [0.5, 0.6) is 0 Å². The van der Waals surface area contributed by atoms with E-state index in [4.69, 9.17) is 0 Å². The maximum Gasteiger partial charge on any atom is -0.00206 e. The Balaban J connectivity index is 0.000000131. The maximum absolute atomic E-state index is 2.24. The molecule has 48 heavy (non-hydrogen) atoms. The molecule has 224 valence electrons. The minimum Gasteiger partial charge on any atom is -0.0622 e. The third kappa shape index (κ3) is 4.78. The number of hydrogen-bond donors (Lipinski definition) is 0. The summed E-state index contributed by atoms with van der Waals surface area (Å²) in [6, 6.07) is 69.7. The molecule has 0 atom stereocenters. The van der Waals surface area contributed by atoms with Crippen LogP contribution in [-0.4, -0.2) is 0 Å². The second kappa shape index (κ2) is 11.8. The summed E-state index contributed by atoms with van der Waals surface area (Å²) in [5.74, 6) is 0. The van der Waals surface area contributed by atoms with E-state index in [1.54, 1.807) is 0 Å². The van der Waals surface area contributed by atoms with Crippen LogP contribution in [-0.2, 0) is 0 Å². The SMILES string of the molecule is c1ccc(-c2cccc3ccc4ccc5ccccc5c4c23)cc1.c1ccc(-c2cccc3ccc4ccc5ccccc5c4c23)cc1. The van der Waals surface area contributed by atoms with Gasteiger partial charge in [0, 0.05) is 0 Å². The molecule has 0 spiro atoms. The van der Waals surface area contributed by atoms with E-state index in [2.05, 4.69) is 194 Å². The van der Waals surface area contributed by atoms with Crippen LogP contribution in [0.3, 0.4) is 0 Å². The molecule has 0 aliphatic carbocycles. The van der Waals surface area contributed by atoms with Gasteiger partial charge in [-0.2, -0.15) is 0 Å². The molecule has 10 rings (SSSR count). The van der Waals surface area contributed by atoms with Gasteiger partial charge in [0.2, 0.25) is 0 Å². The Morgan fingerprint density at radius 3 is 0.917 bits per heavy atom. The van der Waals surface area contributed by atoms with Crippen LogP contribution < -0.4 is 0 Å². The molecule has 0 radical (unpaired) electrons. The predicted octanol–water partition coefficient (Wildman–Crippen LogP) is 13.6. The number of hydrogen-bond acceptors (Lipinski definition) is 0. The highest BCUT2D eigenvalue weighted by Crippen LogP contribution is 2.39. The molecule has 0 saturated heterocycles. The molecule has 0 aliphatic heterocycles. The zero-order valence-corrected chi connectivity index (χ0v) is 26.5. The first-order valence-electron chi connectivity index (χ1n) is 16.6. The van der Waals surface area contributed by atoms with Crippen molar-refractivity contribution in [2.24, 2.45) is 0 Å². The molecule has 0 heterocycles. The van der Waals surface area contributed by atoms with E-state index < -0.39 is 0 Å². The lowest BCUT2D eigenvalue weighted by Gasteiger charge is -2.12. The van der Waals surface area contributed by atoms with Gasteiger partial charge in [-0.15, -0.1) is 0 Å². The molecular formula is C48H32. The van der Waals surface area contributed by atoms with E-state index in [0.29, 0.717) is 0 Å². The third-order valence-corrected chi connectivity index (χ3v) is 9.67. The highest BCUT2D eigenvalue weighted by atomic mass is 14.1. The van der Waals surface area contributed by atoms with Gasteiger partial charge in [-0.3, -0.25) is 0 Å². The predicted molar refractivity (Wildman–Crippen MR) is 209 cm³/mol. The summed E-state index contributed by atoms with van der Waals surface area (Å²) in [6.45, 7) is 0. The van der Waals surface area contributed by atoms with Crippen molar-refractivity contribution < 1.29 is 0 Å². The fraction of sp³-hybridized carbons (Fsp3) is 0. The van der Waals surface area contributed by atoms with Gasteiger partial charge in [0.05, 0.1) is 0 Å². The van der Waals surface area contributed by atoms with E-state index in [9.17, 15) is 0 Å². The van der Waals surface area contributed by atoms with Gasteiger partial charge in [0.25, 0.3) is 0 Å². The molecule has 0 aromatic heterocycles. The second-order valence-electron chi connectivity index (χ2n) is 12.4. The van der Waals surface area contributed by atoms with Crippen LogP contribution in [0.4, 0.5) is 0 Å². The number of fused-ring (bicyclic) bond motifs is 10. The Morgan fingerprint density at radius 2 is 0.500 bits per heavy atom. The lowest BCUT2D eigenvalue weighted by atomic mass is 9.91. The van der Waals surface area contributed by atoms with Gasteiger partial charge >= 0.3 is 0 Å². The molecule has 10 aromatic carbocycles. The van der Waals surface area contributed by atoms with Gasteiger partial charge in [-0.25, -0.2) is 0 Å². The first kappa shape index (κ1) is 28.0. The highest BCUT2D eigenvalue weighted by molar-refractivity contribution is 6.25. The summed E-state index contributed by atoms with van der Waals surface area (Å²) in [4.78, 5) is 0. The smallest absolute Gasteiger partial charge is 0.00206 e. The quantitative estimate of drug-likeness (QED) is 0.171. The highest BCUT2D eigenvalue weighted by Gasteiger charge is 2.12. The lowest BCUT2D eigenvalue weighted by Crippen LogP contribution is -1.85. The normalized spacial score (nSPS) is 11.3. The fourth-order valence-electron chi connectivity index (χ4n) is 7.46. The summed E-state index contributed by atoms with van der Waals surface area (Å²) >= 11 is 0. The number of benzene rings is 10. The van der Waals surface area contributed by atoms with Crippen LogP contribution in [0.1, 0.15) is 0 Å². The first-order valence-corrected chi connectivity index (χ1v) is 16.6. The van der Waals surface area contributed by atoms with Crippen molar-refractivity contribution in [1.82, 2.24) is 0 Å². The van der Waals surface area contributed by atoms with Gasteiger partial charge in [0.1, 0.15) is 0 Å². The van der Waals surface area contributed by atoms with Crippen LogP contribution >= 0.6 is 0 Å². The van der Waals surface area contributed by atoms with Crippen LogP contribution in [0.2, 0.25) is 0 Å². The summed E-state index contributed by atoms with van der Waals surface area (Å²) in [5.41, 5.74) is 5.14. The molecule has 0 unspecified atom stereocenters. The van der Waals surface area contributed by atoms with E-state index >= 15 is 0 Å². The Labute approximate surface area is 280 Å². The molecule has 10 aromatic rings. The Kier molecular flexibility index (Phi) is 6.91. The van der Waals surface area contributed by atoms with E-state index in [0.717, 1.165) is 0 Å². The van der Waals surface area contributed by atoms with Crippen molar-refractivity contribution in [1.29, 1.82) is 0 Å². The first-order chi connectivity index (χ1) is 23.8. The summed E-state index contributed by atoms with van der Waals surface area (Å²) in [6.07, 6.45) is 0. The largest absolute Gasteiger partial charge is 0.0622 e. The van der Waals surface area contributed by atoms with Crippen molar-refractivity contribution >= 4 is 64.6 Å². The average Bonchev–Trinajstić information content (AvgIpc) is 3.17. The zero-order valence-electron chi connectivity index (χ0n) is 26.5. The molecule has 0 fully saturated rings. The summed E-state index contributed by atoms with van der Waals surface area (Å²) < 4.78 is 0. The zero-order chi connectivity index (χ0) is 31.9. The molecular weight excluding hydrogens is 577 g/mol. The fourth-order valence-corrected chi connectivity index (χ4v) is 7.46. The van der Waals surface area contributed by atoms with E-state index in [1.807, 2.05) is 0 Å². The van der Waals surface area contributed by atoms with Crippen LogP contribution in [0.25, 0.3) is 86.9 Å². The Hall–Kier alpha value is -6.24. The molecule has 0 N–H and O–H groups in total. The topological polar surface area (TPSA) is 0 Å². The Morgan fingerprint density at radius 1 is 0.188 bits per heavy atom.